The third-order valence-corrected chi connectivity index (χ3v) is 2.75. The van der Waals surface area contributed by atoms with Crippen LogP contribution in [0.1, 0.15) is 13.8 Å². The largest absolute Gasteiger partial charge is 0.460 e. The summed E-state index contributed by atoms with van der Waals surface area (Å²) in [6.07, 6.45) is 4.55. The van der Waals surface area contributed by atoms with Gasteiger partial charge in [0.25, 0.3) is 0 Å². The van der Waals surface area contributed by atoms with Gasteiger partial charge in [0.05, 0.1) is 12.6 Å². The molecular weight excluding hydrogens is 290 g/mol. The maximum absolute atomic E-state index is 11.3. The van der Waals surface area contributed by atoms with Crippen LogP contribution in [0.4, 0.5) is 0 Å². The number of carbonyl (C=O) groups is 1. The highest BCUT2D eigenvalue weighted by Gasteiger charge is 2.04. The number of allylic oxidation sites excluding steroid dienone is 1. The van der Waals surface area contributed by atoms with E-state index in [1.165, 1.54) is 6.08 Å². The number of benzene rings is 1. The van der Waals surface area contributed by atoms with Crippen LogP contribution in [-0.4, -0.2) is 26.8 Å². The molecule has 0 spiro atoms. The lowest BCUT2D eigenvalue weighted by Crippen LogP contribution is -2.08. The maximum Gasteiger partial charge on any atom is 0.330 e. The van der Waals surface area contributed by atoms with Crippen molar-refractivity contribution in [2.75, 3.05) is 0 Å². The summed E-state index contributed by atoms with van der Waals surface area (Å²) in [5.41, 5.74) is 0.851. The van der Waals surface area contributed by atoms with Gasteiger partial charge in [0.2, 0.25) is 0 Å². The molecule has 0 unspecified atom stereocenters. The Kier molecular flexibility index (Phi) is 5.11. The van der Waals surface area contributed by atoms with E-state index in [1.807, 2.05) is 12.1 Å². The van der Waals surface area contributed by atoms with Crippen LogP contribution >= 0.6 is 11.6 Å². The molecule has 6 heteroatoms. The molecule has 110 valence electrons. The SMILES string of the molecule is CC(C)OC(=O)/C=C/Cn1cnc(-c2cccc(Cl)c2)n1. The molecular formula is C15H16ClN3O2. The van der Waals surface area contributed by atoms with Crippen LogP contribution in [0, 0.1) is 0 Å². The maximum atomic E-state index is 11.3. The quantitative estimate of drug-likeness (QED) is 0.629. The molecule has 0 atom stereocenters. The Labute approximate surface area is 128 Å². The Balaban J connectivity index is 1.98. The minimum atomic E-state index is -0.361. The number of aromatic nitrogens is 3. The van der Waals surface area contributed by atoms with E-state index >= 15 is 0 Å². The van der Waals surface area contributed by atoms with Crippen LogP contribution in [0.2, 0.25) is 5.02 Å². The second-order valence-electron chi connectivity index (χ2n) is 4.69. The Hall–Kier alpha value is -2.14. The van der Waals surface area contributed by atoms with Gasteiger partial charge in [0.15, 0.2) is 5.82 Å². The number of carbonyl (C=O) groups excluding carboxylic acids is 1. The topological polar surface area (TPSA) is 57.0 Å². The van der Waals surface area contributed by atoms with Crippen molar-refractivity contribution in [3.8, 4) is 11.4 Å². The Morgan fingerprint density at radius 1 is 1.48 bits per heavy atom. The van der Waals surface area contributed by atoms with Gasteiger partial charge in [-0.15, -0.1) is 0 Å². The minimum absolute atomic E-state index is 0.122. The molecule has 21 heavy (non-hydrogen) atoms. The summed E-state index contributed by atoms with van der Waals surface area (Å²) in [4.78, 5) is 15.6. The first-order valence-corrected chi connectivity index (χ1v) is 6.95. The van der Waals surface area contributed by atoms with Crippen molar-refractivity contribution in [1.29, 1.82) is 0 Å². The zero-order valence-electron chi connectivity index (χ0n) is 11.9. The van der Waals surface area contributed by atoms with Crippen molar-refractivity contribution in [2.45, 2.75) is 26.5 Å². The van der Waals surface area contributed by atoms with E-state index in [1.54, 1.807) is 43.1 Å². The summed E-state index contributed by atoms with van der Waals surface area (Å²) < 4.78 is 6.62. The van der Waals surface area contributed by atoms with Crippen molar-refractivity contribution in [3.63, 3.8) is 0 Å². The Morgan fingerprint density at radius 2 is 2.29 bits per heavy atom. The van der Waals surface area contributed by atoms with Gasteiger partial charge in [0, 0.05) is 16.7 Å². The second-order valence-corrected chi connectivity index (χ2v) is 5.13. The summed E-state index contributed by atoms with van der Waals surface area (Å²) >= 11 is 5.94. The zero-order valence-corrected chi connectivity index (χ0v) is 12.6. The van der Waals surface area contributed by atoms with E-state index in [4.69, 9.17) is 16.3 Å². The van der Waals surface area contributed by atoms with E-state index in [0.717, 1.165) is 5.56 Å². The molecule has 0 saturated carbocycles. The lowest BCUT2D eigenvalue weighted by atomic mass is 10.2. The van der Waals surface area contributed by atoms with Gasteiger partial charge in [-0.2, -0.15) is 5.10 Å². The molecule has 5 nitrogen and oxygen atoms in total. The molecule has 1 heterocycles. The summed E-state index contributed by atoms with van der Waals surface area (Å²) in [5, 5.41) is 4.96. The number of hydrogen-bond donors (Lipinski definition) is 0. The lowest BCUT2D eigenvalue weighted by Gasteiger charge is -2.03. The van der Waals surface area contributed by atoms with E-state index in [2.05, 4.69) is 10.1 Å². The van der Waals surface area contributed by atoms with Crippen molar-refractivity contribution >= 4 is 17.6 Å². The van der Waals surface area contributed by atoms with Crippen LogP contribution in [0.3, 0.4) is 0 Å². The highest BCUT2D eigenvalue weighted by Crippen LogP contribution is 2.18. The fourth-order valence-corrected chi connectivity index (χ4v) is 1.86. The van der Waals surface area contributed by atoms with Crippen LogP contribution in [0.15, 0.2) is 42.7 Å². The van der Waals surface area contributed by atoms with Gasteiger partial charge in [0.1, 0.15) is 6.33 Å². The molecule has 1 aromatic carbocycles. The normalized spacial score (nSPS) is 11.2. The van der Waals surface area contributed by atoms with Gasteiger partial charge in [-0.3, -0.25) is 0 Å². The Bertz CT molecular complexity index is 650. The predicted molar refractivity (Wildman–Crippen MR) is 80.8 cm³/mol. The fourth-order valence-electron chi connectivity index (χ4n) is 1.67. The highest BCUT2D eigenvalue weighted by atomic mass is 35.5. The average molecular weight is 306 g/mol. The summed E-state index contributed by atoms with van der Waals surface area (Å²) in [7, 11) is 0. The fraction of sp³-hybridized carbons (Fsp3) is 0.267. The molecule has 0 radical (unpaired) electrons. The molecule has 0 aliphatic heterocycles. The molecule has 1 aromatic heterocycles. The van der Waals surface area contributed by atoms with Gasteiger partial charge < -0.3 is 4.74 Å². The minimum Gasteiger partial charge on any atom is -0.460 e. The third-order valence-electron chi connectivity index (χ3n) is 2.52. The molecule has 0 aliphatic carbocycles. The molecule has 0 aliphatic rings. The predicted octanol–water partition coefficient (Wildman–Crippen LogP) is 3.11. The number of hydrogen-bond acceptors (Lipinski definition) is 4. The average Bonchev–Trinajstić information content (AvgIpc) is 2.86. The van der Waals surface area contributed by atoms with Crippen molar-refractivity contribution in [2.24, 2.45) is 0 Å². The first kappa shape index (κ1) is 15.3. The number of halogens is 1. The van der Waals surface area contributed by atoms with Gasteiger partial charge in [-0.05, 0) is 26.0 Å². The van der Waals surface area contributed by atoms with Crippen molar-refractivity contribution in [3.05, 3.63) is 47.8 Å². The lowest BCUT2D eigenvalue weighted by molar-refractivity contribution is -0.141. The van der Waals surface area contributed by atoms with Crippen LogP contribution in [-0.2, 0) is 16.1 Å². The molecule has 2 rings (SSSR count). The Morgan fingerprint density at radius 3 is 3.00 bits per heavy atom. The number of ether oxygens (including phenoxy) is 1. The highest BCUT2D eigenvalue weighted by molar-refractivity contribution is 6.30. The summed E-state index contributed by atoms with van der Waals surface area (Å²) in [5.74, 6) is 0.232. The number of nitrogens with zero attached hydrogens (tertiary/aromatic N) is 3. The van der Waals surface area contributed by atoms with Crippen LogP contribution < -0.4 is 0 Å². The smallest absolute Gasteiger partial charge is 0.330 e. The van der Waals surface area contributed by atoms with E-state index < -0.39 is 0 Å². The molecule has 0 amide bonds. The van der Waals surface area contributed by atoms with E-state index in [-0.39, 0.29) is 12.1 Å². The second kappa shape index (κ2) is 7.04. The van der Waals surface area contributed by atoms with Crippen LogP contribution in [0.25, 0.3) is 11.4 Å². The standard InChI is InChI=1S/C15H16ClN3O2/c1-11(2)21-14(20)7-4-8-19-10-17-15(18-19)12-5-3-6-13(16)9-12/h3-7,9-11H,8H2,1-2H3/b7-4+. The number of esters is 1. The third kappa shape index (κ3) is 4.72. The molecule has 0 bridgehead atoms. The zero-order chi connectivity index (χ0) is 15.2. The molecule has 0 saturated heterocycles. The van der Waals surface area contributed by atoms with E-state index in [9.17, 15) is 4.79 Å². The monoisotopic (exact) mass is 305 g/mol. The van der Waals surface area contributed by atoms with Crippen LogP contribution in [0.5, 0.6) is 0 Å². The van der Waals surface area contributed by atoms with Gasteiger partial charge >= 0.3 is 5.97 Å². The van der Waals surface area contributed by atoms with E-state index in [0.29, 0.717) is 17.4 Å². The van der Waals surface area contributed by atoms with Gasteiger partial charge in [-0.1, -0.05) is 29.8 Å². The summed E-state index contributed by atoms with van der Waals surface area (Å²) in [6, 6.07) is 7.34. The molecule has 2 aromatic rings. The first-order chi connectivity index (χ1) is 10.0. The van der Waals surface area contributed by atoms with Crippen molar-refractivity contribution < 1.29 is 9.53 Å². The molecule has 0 N–H and O–H groups in total. The van der Waals surface area contributed by atoms with Crippen molar-refractivity contribution in [1.82, 2.24) is 14.8 Å². The number of rotatable bonds is 5. The molecule has 0 fully saturated rings. The summed E-state index contributed by atoms with van der Waals surface area (Å²) in [6.45, 7) is 4.06. The first-order valence-electron chi connectivity index (χ1n) is 6.57. The van der Waals surface area contributed by atoms with Gasteiger partial charge in [-0.25, -0.2) is 14.5 Å².